The van der Waals surface area contributed by atoms with Crippen LogP contribution in [-0.2, 0) is 4.74 Å². The molecule has 2 aromatic rings. The summed E-state index contributed by atoms with van der Waals surface area (Å²) in [5.41, 5.74) is 0.719. The second kappa shape index (κ2) is 5.83. The Bertz CT molecular complexity index is 586. The predicted octanol–water partition coefficient (Wildman–Crippen LogP) is 3.96. The van der Waals surface area contributed by atoms with Gasteiger partial charge in [0.1, 0.15) is 0 Å². The summed E-state index contributed by atoms with van der Waals surface area (Å²) in [6.07, 6.45) is -0.290. The van der Waals surface area contributed by atoms with Gasteiger partial charge in [-0.25, -0.2) is 4.79 Å². The number of anilines is 1. The average molecular weight is 309 g/mol. The lowest BCUT2D eigenvalue weighted by atomic mass is 10.3. The van der Waals surface area contributed by atoms with Crippen molar-refractivity contribution >= 4 is 34.7 Å². The molecule has 6 heteroatoms. The molecule has 2 amide bonds. The smallest absolute Gasteiger partial charge is 0.324 e. The van der Waals surface area contributed by atoms with Crippen molar-refractivity contribution in [2.75, 3.05) is 18.5 Å². The lowest BCUT2D eigenvalue weighted by Crippen LogP contribution is -2.34. The van der Waals surface area contributed by atoms with Gasteiger partial charge in [0.05, 0.1) is 11.5 Å². The van der Waals surface area contributed by atoms with Gasteiger partial charge in [0.2, 0.25) is 0 Å². The Balaban J connectivity index is 1.71. The maximum Gasteiger partial charge on any atom is 0.324 e. The standard InChI is InChI=1S/C14H13ClN2O2S/c15-10-3-5-11(6-4-10)16-14(18)17-7-8-19-13(17)12-2-1-9-20-12/h1-6,9,13H,7-8H2,(H,16,18). The number of thiophene rings is 1. The summed E-state index contributed by atoms with van der Waals surface area (Å²) in [5, 5.41) is 5.48. The number of halogens is 1. The highest BCUT2D eigenvalue weighted by Crippen LogP contribution is 2.30. The van der Waals surface area contributed by atoms with Crippen LogP contribution in [0.3, 0.4) is 0 Å². The quantitative estimate of drug-likeness (QED) is 0.912. The zero-order valence-electron chi connectivity index (χ0n) is 10.6. The number of rotatable bonds is 2. The Kier molecular flexibility index (Phi) is 3.91. The van der Waals surface area contributed by atoms with Crippen molar-refractivity contribution in [3.63, 3.8) is 0 Å². The molecule has 0 aliphatic carbocycles. The third kappa shape index (κ3) is 2.80. The van der Waals surface area contributed by atoms with Crippen LogP contribution >= 0.6 is 22.9 Å². The van der Waals surface area contributed by atoms with Crippen LogP contribution < -0.4 is 5.32 Å². The number of carbonyl (C=O) groups is 1. The highest BCUT2D eigenvalue weighted by atomic mass is 35.5. The second-order valence-electron chi connectivity index (χ2n) is 4.37. The van der Waals surface area contributed by atoms with Crippen molar-refractivity contribution in [3.05, 3.63) is 51.7 Å². The van der Waals surface area contributed by atoms with Crippen LogP contribution in [0, 0.1) is 0 Å². The molecule has 0 radical (unpaired) electrons. The monoisotopic (exact) mass is 308 g/mol. The van der Waals surface area contributed by atoms with Crippen LogP contribution in [0.25, 0.3) is 0 Å². The van der Waals surface area contributed by atoms with Gasteiger partial charge in [0, 0.05) is 17.3 Å². The van der Waals surface area contributed by atoms with Crippen molar-refractivity contribution < 1.29 is 9.53 Å². The lowest BCUT2D eigenvalue weighted by molar-refractivity contribution is 0.0550. The normalized spacial score (nSPS) is 18.2. The Morgan fingerprint density at radius 1 is 1.35 bits per heavy atom. The van der Waals surface area contributed by atoms with Crippen LogP contribution in [0.15, 0.2) is 41.8 Å². The van der Waals surface area contributed by atoms with Gasteiger partial charge in [0.25, 0.3) is 0 Å². The van der Waals surface area contributed by atoms with E-state index in [0.717, 1.165) is 10.6 Å². The minimum absolute atomic E-state index is 0.164. The summed E-state index contributed by atoms with van der Waals surface area (Å²) in [7, 11) is 0. The van der Waals surface area contributed by atoms with E-state index in [9.17, 15) is 4.79 Å². The fourth-order valence-electron chi connectivity index (χ4n) is 2.07. The Hall–Kier alpha value is -1.56. The summed E-state index contributed by atoms with van der Waals surface area (Å²) >= 11 is 7.41. The van der Waals surface area contributed by atoms with Crippen LogP contribution in [0.4, 0.5) is 10.5 Å². The van der Waals surface area contributed by atoms with E-state index in [0.29, 0.717) is 18.2 Å². The van der Waals surface area contributed by atoms with E-state index in [1.165, 1.54) is 0 Å². The molecule has 1 aromatic heterocycles. The summed E-state index contributed by atoms with van der Waals surface area (Å²) in [6, 6.07) is 10.8. The number of urea groups is 1. The average Bonchev–Trinajstić information content (AvgIpc) is 3.11. The number of benzene rings is 1. The van der Waals surface area contributed by atoms with Crippen LogP contribution in [0.2, 0.25) is 5.02 Å². The number of nitrogens with zero attached hydrogens (tertiary/aromatic N) is 1. The molecule has 2 heterocycles. The van der Waals surface area contributed by atoms with Gasteiger partial charge in [-0.3, -0.25) is 4.90 Å². The van der Waals surface area contributed by atoms with Crippen LogP contribution in [0.1, 0.15) is 11.1 Å². The first-order valence-corrected chi connectivity index (χ1v) is 7.48. The predicted molar refractivity (Wildman–Crippen MR) is 80.2 cm³/mol. The molecule has 0 saturated carbocycles. The molecular formula is C14H13ClN2O2S. The summed E-state index contributed by atoms with van der Waals surface area (Å²) in [5.74, 6) is 0. The zero-order valence-corrected chi connectivity index (χ0v) is 12.2. The fraction of sp³-hybridized carbons (Fsp3) is 0.214. The number of amides is 2. The van der Waals surface area contributed by atoms with Crippen molar-refractivity contribution in [1.29, 1.82) is 0 Å². The second-order valence-corrected chi connectivity index (χ2v) is 5.78. The molecule has 1 atom stereocenters. The van der Waals surface area contributed by atoms with E-state index in [4.69, 9.17) is 16.3 Å². The first-order valence-electron chi connectivity index (χ1n) is 6.22. The molecule has 0 bridgehead atoms. The van der Waals surface area contributed by atoms with Gasteiger partial charge in [-0.05, 0) is 35.7 Å². The molecule has 1 fully saturated rings. The van der Waals surface area contributed by atoms with Crippen LogP contribution in [-0.4, -0.2) is 24.1 Å². The van der Waals surface area contributed by atoms with Gasteiger partial charge in [-0.2, -0.15) is 0 Å². The minimum Gasteiger partial charge on any atom is -0.351 e. The summed E-state index contributed by atoms with van der Waals surface area (Å²) in [6.45, 7) is 1.14. The van der Waals surface area contributed by atoms with Crippen molar-refractivity contribution in [2.45, 2.75) is 6.23 Å². The Morgan fingerprint density at radius 2 is 2.15 bits per heavy atom. The van der Waals surface area contributed by atoms with Crippen molar-refractivity contribution in [2.24, 2.45) is 0 Å². The molecule has 1 saturated heterocycles. The van der Waals surface area contributed by atoms with Gasteiger partial charge >= 0.3 is 6.03 Å². The largest absolute Gasteiger partial charge is 0.351 e. The minimum atomic E-state index is -0.290. The van der Waals surface area contributed by atoms with E-state index in [1.807, 2.05) is 17.5 Å². The van der Waals surface area contributed by atoms with E-state index >= 15 is 0 Å². The summed E-state index contributed by atoms with van der Waals surface area (Å²) < 4.78 is 5.64. The highest BCUT2D eigenvalue weighted by Gasteiger charge is 2.31. The Labute approximate surface area is 125 Å². The van der Waals surface area contributed by atoms with E-state index < -0.39 is 0 Å². The van der Waals surface area contributed by atoms with Crippen LogP contribution in [0.5, 0.6) is 0 Å². The number of hydrogen-bond acceptors (Lipinski definition) is 3. The Morgan fingerprint density at radius 3 is 2.85 bits per heavy atom. The van der Waals surface area contributed by atoms with Gasteiger partial charge in [-0.1, -0.05) is 17.7 Å². The molecule has 0 spiro atoms. The highest BCUT2D eigenvalue weighted by molar-refractivity contribution is 7.10. The molecule has 1 unspecified atom stereocenters. The number of nitrogens with one attached hydrogen (secondary N) is 1. The van der Waals surface area contributed by atoms with Gasteiger partial charge in [-0.15, -0.1) is 11.3 Å². The molecular weight excluding hydrogens is 296 g/mol. The molecule has 3 rings (SSSR count). The number of hydrogen-bond donors (Lipinski definition) is 1. The zero-order chi connectivity index (χ0) is 13.9. The van der Waals surface area contributed by atoms with Crippen molar-refractivity contribution in [3.8, 4) is 0 Å². The first-order chi connectivity index (χ1) is 9.74. The number of carbonyl (C=O) groups excluding carboxylic acids is 1. The first kappa shape index (κ1) is 13.4. The molecule has 1 aromatic carbocycles. The molecule has 1 aliphatic rings. The summed E-state index contributed by atoms with van der Waals surface area (Å²) in [4.78, 5) is 15.0. The molecule has 104 valence electrons. The maximum absolute atomic E-state index is 12.3. The van der Waals surface area contributed by atoms with E-state index in [-0.39, 0.29) is 12.3 Å². The van der Waals surface area contributed by atoms with Gasteiger partial charge in [0.15, 0.2) is 6.23 Å². The number of ether oxygens (including phenoxy) is 1. The SMILES string of the molecule is O=C(Nc1ccc(Cl)cc1)N1CCOC1c1cccs1. The van der Waals surface area contributed by atoms with E-state index in [2.05, 4.69) is 5.32 Å². The van der Waals surface area contributed by atoms with E-state index in [1.54, 1.807) is 40.5 Å². The molecule has 20 heavy (non-hydrogen) atoms. The topological polar surface area (TPSA) is 41.6 Å². The molecule has 4 nitrogen and oxygen atoms in total. The lowest BCUT2D eigenvalue weighted by Gasteiger charge is -2.22. The molecule has 1 N–H and O–H groups in total. The van der Waals surface area contributed by atoms with Gasteiger partial charge < -0.3 is 10.1 Å². The third-order valence-corrected chi connectivity index (χ3v) is 4.19. The maximum atomic E-state index is 12.3. The van der Waals surface area contributed by atoms with Crippen molar-refractivity contribution in [1.82, 2.24) is 4.90 Å². The fourth-order valence-corrected chi connectivity index (χ4v) is 2.98. The molecule has 1 aliphatic heterocycles. The third-order valence-electron chi connectivity index (χ3n) is 3.03.